The van der Waals surface area contributed by atoms with E-state index in [4.69, 9.17) is 15.2 Å². The molecule has 4 heterocycles. The lowest BCUT2D eigenvalue weighted by molar-refractivity contribution is -0.0511. The summed E-state index contributed by atoms with van der Waals surface area (Å²) in [6.07, 6.45) is -1.48. The number of aliphatic hydroxyl groups excluding tert-OH is 3. The predicted octanol–water partition coefficient (Wildman–Crippen LogP) is -0.833. The second-order valence-electron chi connectivity index (χ2n) is 6.20. The van der Waals surface area contributed by atoms with Gasteiger partial charge in [-0.25, -0.2) is 9.97 Å². The van der Waals surface area contributed by atoms with Crippen molar-refractivity contribution in [2.24, 2.45) is 0 Å². The molecule has 6 N–H and O–H groups in total. The summed E-state index contributed by atoms with van der Waals surface area (Å²) >= 11 is 0. The number of fused-ring (bicyclic) bond motifs is 1. The first-order valence-corrected chi connectivity index (χ1v) is 8.41. The molecule has 12 nitrogen and oxygen atoms in total. The van der Waals surface area contributed by atoms with Gasteiger partial charge in [0.2, 0.25) is 11.8 Å². The second kappa shape index (κ2) is 7.16. The molecule has 0 aromatic carbocycles. The molecule has 2 unspecified atom stereocenters. The third-order valence-electron chi connectivity index (χ3n) is 4.44. The zero-order chi connectivity index (χ0) is 19.8. The SMILES string of the molecule is COc1ccc(Nc2nc(N)c3ncn([C@@H]4O[C@H](CO)C(O)C4O)c3n2)cn1. The Labute approximate surface area is 158 Å². The summed E-state index contributed by atoms with van der Waals surface area (Å²) in [4.78, 5) is 16.8. The molecule has 0 amide bonds. The van der Waals surface area contributed by atoms with Crippen molar-refractivity contribution in [2.75, 3.05) is 24.8 Å². The molecule has 3 aromatic heterocycles. The van der Waals surface area contributed by atoms with Crippen LogP contribution in [0.2, 0.25) is 0 Å². The Morgan fingerprint density at radius 3 is 2.71 bits per heavy atom. The van der Waals surface area contributed by atoms with Crippen molar-refractivity contribution in [2.45, 2.75) is 24.5 Å². The number of methoxy groups -OCH3 is 1. The van der Waals surface area contributed by atoms with E-state index in [-0.39, 0.29) is 11.8 Å². The minimum Gasteiger partial charge on any atom is -0.481 e. The Hall–Kier alpha value is -3.06. The van der Waals surface area contributed by atoms with Gasteiger partial charge in [0.15, 0.2) is 17.7 Å². The van der Waals surface area contributed by atoms with Crippen molar-refractivity contribution in [1.29, 1.82) is 0 Å². The van der Waals surface area contributed by atoms with Crippen molar-refractivity contribution < 1.29 is 24.8 Å². The van der Waals surface area contributed by atoms with E-state index in [2.05, 4.69) is 25.3 Å². The topological polar surface area (TPSA) is 174 Å². The first-order valence-electron chi connectivity index (χ1n) is 8.41. The summed E-state index contributed by atoms with van der Waals surface area (Å²) in [6.45, 7) is -0.435. The Bertz CT molecular complexity index is 979. The van der Waals surface area contributed by atoms with E-state index < -0.39 is 31.1 Å². The van der Waals surface area contributed by atoms with E-state index >= 15 is 0 Å². The van der Waals surface area contributed by atoms with Gasteiger partial charge in [0, 0.05) is 6.07 Å². The number of hydrogen-bond donors (Lipinski definition) is 5. The minimum atomic E-state index is -1.27. The van der Waals surface area contributed by atoms with Crippen molar-refractivity contribution in [1.82, 2.24) is 24.5 Å². The number of aromatic nitrogens is 5. The van der Waals surface area contributed by atoms with Crippen LogP contribution in [0.15, 0.2) is 24.7 Å². The Morgan fingerprint density at radius 1 is 1.25 bits per heavy atom. The molecular weight excluding hydrogens is 370 g/mol. The lowest BCUT2D eigenvalue weighted by Gasteiger charge is -2.16. The summed E-state index contributed by atoms with van der Waals surface area (Å²) in [5, 5.41) is 32.5. The molecule has 0 saturated carbocycles. The molecule has 1 aliphatic rings. The molecule has 0 radical (unpaired) electrons. The van der Waals surface area contributed by atoms with Crippen LogP contribution in [0.25, 0.3) is 11.2 Å². The number of aliphatic hydroxyl groups is 3. The molecule has 0 spiro atoms. The smallest absolute Gasteiger partial charge is 0.231 e. The van der Waals surface area contributed by atoms with Crippen LogP contribution in [0.1, 0.15) is 6.23 Å². The average Bonchev–Trinajstić information content (AvgIpc) is 3.24. The van der Waals surface area contributed by atoms with E-state index in [0.29, 0.717) is 22.7 Å². The van der Waals surface area contributed by atoms with Gasteiger partial charge >= 0.3 is 0 Å². The standard InChI is InChI=1S/C16H19N7O5/c1-27-9-3-2-7(4-18-9)20-16-21-13(17)10-14(22-16)23(6-19-10)15-12(26)11(25)8(5-24)28-15/h2-4,6,8,11-12,15,24-26H,5H2,1H3,(H3,17,20,21,22)/t8-,11?,12?,15-/m1/s1. The minimum absolute atomic E-state index is 0.125. The molecule has 4 atom stereocenters. The quantitative estimate of drug-likeness (QED) is 0.368. The molecule has 148 valence electrons. The highest BCUT2D eigenvalue weighted by Crippen LogP contribution is 2.32. The van der Waals surface area contributed by atoms with Gasteiger partial charge < -0.3 is 35.8 Å². The molecular formula is C16H19N7O5. The number of hydrogen-bond acceptors (Lipinski definition) is 11. The fraction of sp³-hybridized carbons (Fsp3) is 0.375. The highest BCUT2D eigenvalue weighted by molar-refractivity contribution is 5.83. The summed E-state index contributed by atoms with van der Waals surface area (Å²) in [5.41, 5.74) is 7.21. The molecule has 28 heavy (non-hydrogen) atoms. The zero-order valence-corrected chi connectivity index (χ0v) is 14.8. The van der Waals surface area contributed by atoms with Crippen molar-refractivity contribution in [3.8, 4) is 5.88 Å². The number of nitrogens with zero attached hydrogens (tertiary/aromatic N) is 5. The van der Waals surface area contributed by atoms with Crippen molar-refractivity contribution in [3.63, 3.8) is 0 Å². The molecule has 0 aliphatic carbocycles. The number of nitrogens with one attached hydrogen (secondary N) is 1. The molecule has 1 saturated heterocycles. The largest absolute Gasteiger partial charge is 0.481 e. The van der Waals surface area contributed by atoms with Gasteiger partial charge in [-0.3, -0.25) is 4.57 Å². The van der Waals surface area contributed by atoms with Crippen LogP contribution in [0.5, 0.6) is 5.88 Å². The number of ether oxygens (including phenoxy) is 2. The maximum absolute atomic E-state index is 10.3. The Morgan fingerprint density at radius 2 is 2.07 bits per heavy atom. The van der Waals surface area contributed by atoms with Crippen LogP contribution in [-0.2, 0) is 4.74 Å². The predicted molar refractivity (Wildman–Crippen MR) is 96.8 cm³/mol. The average molecular weight is 389 g/mol. The number of pyridine rings is 1. The first-order chi connectivity index (χ1) is 13.5. The fourth-order valence-electron chi connectivity index (χ4n) is 2.99. The van der Waals surface area contributed by atoms with E-state index in [1.54, 1.807) is 18.3 Å². The van der Waals surface area contributed by atoms with Crippen LogP contribution in [-0.4, -0.2) is 71.9 Å². The number of nitrogens with two attached hydrogens (primary N) is 1. The summed E-state index contributed by atoms with van der Waals surface area (Å²) < 4.78 is 12.0. The van der Waals surface area contributed by atoms with Crippen LogP contribution >= 0.6 is 0 Å². The van der Waals surface area contributed by atoms with E-state index in [0.717, 1.165) is 0 Å². The van der Waals surface area contributed by atoms with Gasteiger partial charge in [-0.15, -0.1) is 0 Å². The molecule has 1 aliphatic heterocycles. The number of nitrogen functional groups attached to an aromatic ring is 1. The lowest BCUT2D eigenvalue weighted by atomic mass is 10.1. The van der Waals surface area contributed by atoms with Gasteiger partial charge in [0.1, 0.15) is 23.8 Å². The summed E-state index contributed by atoms with van der Waals surface area (Å²) in [6, 6.07) is 3.41. The highest BCUT2D eigenvalue weighted by atomic mass is 16.6. The first kappa shape index (κ1) is 18.3. The zero-order valence-electron chi connectivity index (χ0n) is 14.8. The number of imidazole rings is 1. The van der Waals surface area contributed by atoms with Crippen LogP contribution < -0.4 is 15.8 Å². The van der Waals surface area contributed by atoms with Gasteiger partial charge in [-0.2, -0.15) is 9.97 Å². The van der Waals surface area contributed by atoms with E-state index in [1.807, 2.05) is 0 Å². The summed E-state index contributed by atoms with van der Waals surface area (Å²) in [5.74, 6) is 0.772. The Balaban J connectivity index is 1.68. The third-order valence-corrected chi connectivity index (χ3v) is 4.44. The maximum atomic E-state index is 10.3. The van der Waals surface area contributed by atoms with Crippen molar-refractivity contribution >= 4 is 28.6 Å². The second-order valence-corrected chi connectivity index (χ2v) is 6.20. The van der Waals surface area contributed by atoms with Gasteiger partial charge in [0.05, 0.1) is 31.9 Å². The van der Waals surface area contributed by atoms with Crippen LogP contribution in [0.3, 0.4) is 0 Å². The van der Waals surface area contributed by atoms with Crippen LogP contribution in [0, 0.1) is 0 Å². The molecule has 0 bridgehead atoms. The van der Waals surface area contributed by atoms with Gasteiger partial charge in [0.25, 0.3) is 0 Å². The molecule has 3 aromatic rings. The lowest BCUT2D eigenvalue weighted by Crippen LogP contribution is -2.33. The monoisotopic (exact) mass is 389 g/mol. The fourth-order valence-corrected chi connectivity index (χ4v) is 2.99. The summed E-state index contributed by atoms with van der Waals surface area (Å²) in [7, 11) is 1.52. The maximum Gasteiger partial charge on any atom is 0.231 e. The van der Waals surface area contributed by atoms with Crippen molar-refractivity contribution in [3.05, 3.63) is 24.7 Å². The van der Waals surface area contributed by atoms with E-state index in [1.165, 1.54) is 18.0 Å². The van der Waals surface area contributed by atoms with E-state index in [9.17, 15) is 15.3 Å². The third kappa shape index (κ3) is 3.07. The number of anilines is 3. The normalized spacial score (nSPS) is 24.6. The van der Waals surface area contributed by atoms with Gasteiger partial charge in [-0.05, 0) is 6.07 Å². The van der Waals surface area contributed by atoms with Gasteiger partial charge in [-0.1, -0.05) is 0 Å². The van der Waals surface area contributed by atoms with Crippen LogP contribution in [0.4, 0.5) is 17.5 Å². The molecule has 12 heteroatoms. The Kier molecular flexibility index (Phi) is 4.68. The molecule has 1 fully saturated rings. The molecule has 4 rings (SSSR count). The number of rotatable bonds is 5. The highest BCUT2D eigenvalue weighted by Gasteiger charge is 2.44.